The van der Waals surface area contributed by atoms with Gasteiger partial charge in [0.25, 0.3) is 5.56 Å². The lowest BCUT2D eigenvalue weighted by atomic mass is 10.2. The lowest BCUT2D eigenvalue weighted by Crippen LogP contribution is -2.44. The summed E-state index contributed by atoms with van der Waals surface area (Å²) in [5, 5.41) is 3.20. The molecule has 1 aromatic heterocycles. The predicted molar refractivity (Wildman–Crippen MR) is 98.2 cm³/mol. The van der Waals surface area contributed by atoms with E-state index < -0.39 is 0 Å². The van der Waals surface area contributed by atoms with Gasteiger partial charge in [0.1, 0.15) is 18.9 Å². The monoisotopic (exact) mass is 348 g/mol. The van der Waals surface area contributed by atoms with E-state index in [1.165, 1.54) is 9.47 Å². The van der Waals surface area contributed by atoms with Crippen LogP contribution in [0.5, 0.6) is 0 Å². The predicted octanol–water partition coefficient (Wildman–Crippen LogP) is 1.69. The smallest absolute Gasteiger partial charge is 0.261 e. The number of para-hydroxylation sites is 3. The lowest BCUT2D eigenvalue weighted by molar-refractivity contribution is -0.122. The van der Waals surface area contributed by atoms with E-state index in [0.29, 0.717) is 28.1 Å². The van der Waals surface area contributed by atoms with Gasteiger partial charge in [-0.15, -0.1) is 0 Å². The summed E-state index contributed by atoms with van der Waals surface area (Å²) in [5.74, 6) is -0.149. The van der Waals surface area contributed by atoms with Crippen molar-refractivity contribution >= 4 is 34.1 Å². The molecule has 26 heavy (non-hydrogen) atoms. The number of amides is 2. The minimum atomic E-state index is -0.338. The summed E-state index contributed by atoms with van der Waals surface area (Å²) in [6, 6.07) is 14.1. The van der Waals surface area contributed by atoms with Crippen LogP contribution in [0.2, 0.25) is 0 Å². The molecule has 2 amide bonds. The molecule has 4 rings (SSSR count). The fourth-order valence-electron chi connectivity index (χ4n) is 3.14. The number of aryl methyl sites for hydroxylation is 1. The van der Waals surface area contributed by atoms with Crippen molar-refractivity contribution in [1.82, 2.24) is 9.55 Å². The van der Waals surface area contributed by atoms with E-state index in [1.54, 1.807) is 49.4 Å². The molecule has 1 N–H and O–H groups in total. The zero-order valence-electron chi connectivity index (χ0n) is 14.1. The van der Waals surface area contributed by atoms with Crippen molar-refractivity contribution < 1.29 is 9.59 Å². The van der Waals surface area contributed by atoms with E-state index >= 15 is 0 Å². The van der Waals surface area contributed by atoms with Crippen molar-refractivity contribution in [2.24, 2.45) is 0 Å². The molecule has 0 saturated carbocycles. The molecule has 0 aliphatic carbocycles. The van der Waals surface area contributed by atoms with Gasteiger partial charge in [0.05, 0.1) is 22.3 Å². The summed E-state index contributed by atoms with van der Waals surface area (Å²) in [7, 11) is 0. The minimum absolute atomic E-state index is 0.0787. The second kappa shape index (κ2) is 6.11. The molecule has 2 heterocycles. The Hall–Kier alpha value is -3.48. The number of nitrogens with one attached hydrogen (secondary N) is 1. The third-order valence-corrected chi connectivity index (χ3v) is 4.42. The molecule has 0 saturated heterocycles. The van der Waals surface area contributed by atoms with Crippen LogP contribution < -0.4 is 15.8 Å². The van der Waals surface area contributed by atoms with Crippen LogP contribution in [0.4, 0.5) is 11.4 Å². The molecule has 0 radical (unpaired) electrons. The Bertz CT molecular complexity index is 1100. The first kappa shape index (κ1) is 16.0. The van der Waals surface area contributed by atoms with Crippen molar-refractivity contribution in [1.29, 1.82) is 0 Å². The Kier molecular flexibility index (Phi) is 3.76. The Morgan fingerprint density at radius 2 is 1.85 bits per heavy atom. The van der Waals surface area contributed by atoms with Crippen LogP contribution in [0.3, 0.4) is 0 Å². The van der Waals surface area contributed by atoms with Crippen LogP contribution in [0.25, 0.3) is 10.9 Å². The number of aromatic nitrogens is 2. The first-order valence-corrected chi connectivity index (χ1v) is 8.20. The Morgan fingerprint density at radius 1 is 1.12 bits per heavy atom. The largest absolute Gasteiger partial charge is 0.323 e. The van der Waals surface area contributed by atoms with Gasteiger partial charge in [-0.05, 0) is 31.2 Å². The highest BCUT2D eigenvalue weighted by molar-refractivity contribution is 6.09. The molecule has 3 aromatic rings. The summed E-state index contributed by atoms with van der Waals surface area (Å²) in [4.78, 5) is 43.3. The van der Waals surface area contributed by atoms with Crippen LogP contribution >= 0.6 is 0 Å². The molecule has 0 spiro atoms. The molecule has 7 nitrogen and oxygen atoms in total. The average Bonchev–Trinajstić information content (AvgIpc) is 2.64. The number of benzene rings is 2. The van der Waals surface area contributed by atoms with E-state index in [0.717, 1.165) is 0 Å². The highest BCUT2D eigenvalue weighted by atomic mass is 16.2. The van der Waals surface area contributed by atoms with E-state index in [-0.39, 0.29) is 30.5 Å². The van der Waals surface area contributed by atoms with Crippen LogP contribution in [0.15, 0.2) is 53.3 Å². The van der Waals surface area contributed by atoms with E-state index in [9.17, 15) is 14.4 Å². The van der Waals surface area contributed by atoms with Gasteiger partial charge < -0.3 is 5.32 Å². The normalized spacial score (nSPS) is 13.4. The summed E-state index contributed by atoms with van der Waals surface area (Å²) in [5.41, 5.74) is 1.53. The van der Waals surface area contributed by atoms with Crippen LogP contribution in [0.1, 0.15) is 5.82 Å². The zero-order chi connectivity index (χ0) is 18.3. The number of anilines is 2. The third kappa shape index (κ3) is 2.63. The summed E-state index contributed by atoms with van der Waals surface area (Å²) in [6.07, 6.45) is 0. The number of fused-ring (bicyclic) bond motifs is 2. The van der Waals surface area contributed by atoms with Gasteiger partial charge in [-0.1, -0.05) is 24.3 Å². The minimum Gasteiger partial charge on any atom is -0.323 e. The number of hydrogen-bond donors (Lipinski definition) is 1. The molecule has 1 aliphatic rings. The van der Waals surface area contributed by atoms with Gasteiger partial charge in [0, 0.05) is 0 Å². The van der Waals surface area contributed by atoms with Gasteiger partial charge in [-0.2, -0.15) is 0 Å². The van der Waals surface area contributed by atoms with Gasteiger partial charge in [0.2, 0.25) is 11.8 Å². The zero-order valence-corrected chi connectivity index (χ0v) is 14.1. The first-order valence-electron chi connectivity index (χ1n) is 8.20. The number of carbonyl (C=O) groups is 2. The van der Waals surface area contributed by atoms with Crippen molar-refractivity contribution in [3.8, 4) is 0 Å². The third-order valence-electron chi connectivity index (χ3n) is 4.42. The average molecular weight is 348 g/mol. The molecule has 1 aliphatic heterocycles. The van der Waals surface area contributed by atoms with Gasteiger partial charge in [0.15, 0.2) is 0 Å². The van der Waals surface area contributed by atoms with Gasteiger partial charge in [-0.3, -0.25) is 23.9 Å². The molecule has 0 unspecified atom stereocenters. The van der Waals surface area contributed by atoms with Crippen molar-refractivity contribution in [2.75, 3.05) is 16.8 Å². The maximum atomic E-state index is 12.9. The fourth-order valence-corrected chi connectivity index (χ4v) is 3.14. The molecule has 0 atom stereocenters. The maximum Gasteiger partial charge on any atom is 0.261 e. The number of rotatable bonds is 2. The molecule has 0 fully saturated rings. The second-order valence-electron chi connectivity index (χ2n) is 6.11. The van der Waals surface area contributed by atoms with Crippen LogP contribution in [-0.4, -0.2) is 27.9 Å². The molecular formula is C19H16N4O3. The Balaban J connectivity index is 1.73. The quantitative estimate of drug-likeness (QED) is 0.764. The molecule has 7 heteroatoms. The SMILES string of the molecule is Cc1nc2ccccc2c(=O)n1CC(=O)N1CC(=O)Nc2ccccc21. The fraction of sp³-hybridized carbons (Fsp3) is 0.158. The van der Waals surface area contributed by atoms with Crippen molar-refractivity contribution in [3.05, 3.63) is 64.7 Å². The number of nitrogens with zero attached hydrogens (tertiary/aromatic N) is 3. The van der Waals surface area contributed by atoms with E-state index in [1.807, 2.05) is 6.07 Å². The summed E-state index contributed by atoms with van der Waals surface area (Å²) < 4.78 is 1.35. The summed E-state index contributed by atoms with van der Waals surface area (Å²) in [6.45, 7) is 1.44. The van der Waals surface area contributed by atoms with Gasteiger partial charge in [-0.25, -0.2) is 4.98 Å². The van der Waals surface area contributed by atoms with E-state index in [2.05, 4.69) is 10.3 Å². The van der Waals surface area contributed by atoms with Crippen LogP contribution in [-0.2, 0) is 16.1 Å². The Morgan fingerprint density at radius 3 is 2.69 bits per heavy atom. The van der Waals surface area contributed by atoms with E-state index in [4.69, 9.17) is 0 Å². The van der Waals surface area contributed by atoms with Crippen molar-refractivity contribution in [3.63, 3.8) is 0 Å². The Labute approximate surface area is 148 Å². The number of carbonyl (C=O) groups excluding carboxylic acids is 2. The standard InChI is InChI=1S/C19H16N4O3/c1-12-20-14-7-3-2-6-13(14)19(26)22(12)11-18(25)23-10-17(24)21-15-8-4-5-9-16(15)23/h2-9H,10-11H2,1H3,(H,21,24). The highest BCUT2D eigenvalue weighted by Gasteiger charge is 2.27. The van der Waals surface area contributed by atoms with Gasteiger partial charge >= 0.3 is 0 Å². The molecule has 0 bridgehead atoms. The molecule has 2 aromatic carbocycles. The first-order chi connectivity index (χ1) is 12.5. The van der Waals surface area contributed by atoms with Crippen LogP contribution in [0, 0.1) is 6.92 Å². The van der Waals surface area contributed by atoms with Crippen molar-refractivity contribution in [2.45, 2.75) is 13.5 Å². The summed E-state index contributed by atoms with van der Waals surface area (Å²) >= 11 is 0. The molecule has 130 valence electrons. The maximum absolute atomic E-state index is 12.9. The molecular weight excluding hydrogens is 332 g/mol. The lowest BCUT2D eigenvalue weighted by Gasteiger charge is -2.29. The topological polar surface area (TPSA) is 84.3 Å². The number of hydrogen-bond acceptors (Lipinski definition) is 4. The highest BCUT2D eigenvalue weighted by Crippen LogP contribution is 2.29. The second-order valence-corrected chi connectivity index (χ2v) is 6.11.